The zero-order valence-electron chi connectivity index (χ0n) is 9.12. The van der Waals surface area contributed by atoms with E-state index >= 15 is 0 Å². The summed E-state index contributed by atoms with van der Waals surface area (Å²) in [5.74, 6) is 0.358. The zero-order chi connectivity index (χ0) is 10.8. The molecule has 3 nitrogen and oxygen atoms in total. The van der Waals surface area contributed by atoms with E-state index in [1.807, 2.05) is 19.2 Å². The third kappa shape index (κ3) is 1.59. The van der Waals surface area contributed by atoms with Crippen LogP contribution in [-0.2, 0) is 13.1 Å². The van der Waals surface area contributed by atoms with Gasteiger partial charge in [-0.2, -0.15) is 0 Å². The van der Waals surface area contributed by atoms with Crippen LogP contribution in [0.15, 0.2) is 24.3 Å². The van der Waals surface area contributed by atoms with E-state index in [-0.39, 0.29) is 0 Å². The minimum Gasteiger partial charge on any atom is -0.506 e. The SMILES string of the molecule is CCn1c(CNC)cc2cccc(O)c21. The van der Waals surface area contributed by atoms with Crippen molar-refractivity contribution in [2.45, 2.75) is 20.0 Å². The smallest absolute Gasteiger partial charge is 0.139 e. The van der Waals surface area contributed by atoms with Gasteiger partial charge < -0.3 is 15.0 Å². The number of fused-ring (bicyclic) bond motifs is 1. The molecule has 0 unspecified atom stereocenters. The molecule has 2 rings (SSSR count). The second-order valence-electron chi connectivity index (χ2n) is 3.63. The molecule has 0 aliphatic rings. The predicted molar refractivity (Wildman–Crippen MR) is 62.0 cm³/mol. The average molecular weight is 204 g/mol. The van der Waals surface area contributed by atoms with E-state index in [4.69, 9.17) is 0 Å². The Morgan fingerprint density at radius 3 is 2.87 bits per heavy atom. The molecule has 0 saturated carbocycles. The highest BCUT2D eigenvalue weighted by Crippen LogP contribution is 2.27. The van der Waals surface area contributed by atoms with Crippen LogP contribution in [0.4, 0.5) is 0 Å². The molecule has 15 heavy (non-hydrogen) atoms. The van der Waals surface area contributed by atoms with Gasteiger partial charge in [0.2, 0.25) is 0 Å². The largest absolute Gasteiger partial charge is 0.506 e. The lowest BCUT2D eigenvalue weighted by Gasteiger charge is -2.07. The monoisotopic (exact) mass is 204 g/mol. The first kappa shape index (κ1) is 10.1. The van der Waals surface area contributed by atoms with Gasteiger partial charge in [0, 0.05) is 24.2 Å². The number of aromatic hydroxyl groups is 1. The normalized spacial score (nSPS) is 11.1. The van der Waals surface area contributed by atoms with Crippen LogP contribution < -0.4 is 5.32 Å². The second-order valence-corrected chi connectivity index (χ2v) is 3.63. The summed E-state index contributed by atoms with van der Waals surface area (Å²) in [5.41, 5.74) is 2.14. The van der Waals surface area contributed by atoms with E-state index in [0.717, 1.165) is 24.0 Å². The van der Waals surface area contributed by atoms with E-state index in [9.17, 15) is 5.11 Å². The predicted octanol–water partition coefficient (Wildman–Crippen LogP) is 2.09. The highest BCUT2D eigenvalue weighted by atomic mass is 16.3. The van der Waals surface area contributed by atoms with Crippen LogP contribution in [0.5, 0.6) is 5.75 Å². The van der Waals surface area contributed by atoms with Gasteiger partial charge >= 0.3 is 0 Å². The number of aromatic nitrogens is 1. The van der Waals surface area contributed by atoms with E-state index in [1.165, 1.54) is 5.69 Å². The zero-order valence-corrected chi connectivity index (χ0v) is 9.12. The highest BCUT2D eigenvalue weighted by Gasteiger charge is 2.09. The van der Waals surface area contributed by atoms with Crippen molar-refractivity contribution in [1.29, 1.82) is 0 Å². The lowest BCUT2D eigenvalue weighted by Crippen LogP contribution is -2.10. The number of nitrogens with one attached hydrogen (secondary N) is 1. The van der Waals surface area contributed by atoms with Crippen molar-refractivity contribution in [3.63, 3.8) is 0 Å². The van der Waals surface area contributed by atoms with Crippen LogP contribution in [-0.4, -0.2) is 16.7 Å². The molecule has 0 saturated heterocycles. The molecule has 3 heteroatoms. The number of para-hydroxylation sites is 1. The highest BCUT2D eigenvalue weighted by molar-refractivity contribution is 5.86. The number of hydrogen-bond donors (Lipinski definition) is 2. The number of nitrogens with zero attached hydrogens (tertiary/aromatic N) is 1. The summed E-state index contributed by atoms with van der Waals surface area (Å²) >= 11 is 0. The lowest BCUT2D eigenvalue weighted by atomic mass is 10.2. The Hall–Kier alpha value is -1.48. The van der Waals surface area contributed by atoms with E-state index < -0.39 is 0 Å². The molecule has 0 bridgehead atoms. The molecular weight excluding hydrogens is 188 g/mol. The minimum atomic E-state index is 0.358. The summed E-state index contributed by atoms with van der Waals surface area (Å²) in [5, 5.41) is 14.1. The Bertz CT molecular complexity index is 474. The van der Waals surface area contributed by atoms with Gasteiger partial charge in [0.05, 0.1) is 5.52 Å². The number of hydrogen-bond acceptors (Lipinski definition) is 2. The maximum Gasteiger partial charge on any atom is 0.139 e. The fourth-order valence-corrected chi connectivity index (χ4v) is 2.05. The summed E-state index contributed by atoms with van der Waals surface area (Å²) in [6, 6.07) is 7.76. The van der Waals surface area contributed by atoms with E-state index in [2.05, 4.69) is 22.9 Å². The standard InChI is InChI=1S/C12H16N2O/c1-3-14-10(8-13-2)7-9-5-4-6-11(15)12(9)14/h4-7,13,15H,3,8H2,1-2H3. The van der Waals surface area contributed by atoms with Gasteiger partial charge in [0.1, 0.15) is 5.75 Å². The summed E-state index contributed by atoms with van der Waals surface area (Å²) in [4.78, 5) is 0. The molecule has 1 aromatic carbocycles. The first-order chi connectivity index (χ1) is 7.27. The van der Waals surface area contributed by atoms with E-state index in [0.29, 0.717) is 5.75 Å². The van der Waals surface area contributed by atoms with E-state index in [1.54, 1.807) is 6.07 Å². The van der Waals surface area contributed by atoms with Gasteiger partial charge in [-0.15, -0.1) is 0 Å². The second kappa shape index (κ2) is 3.95. The maximum absolute atomic E-state index is 9.82. The van der Waals surface area contributed by atoms with Crippen molar-refractivity contribution in [3.8, 4) is 5.75 Å². The molecule has 0 amide bonds. The summed E-state index contributed by atoms with van der Waals surface area (Å²) in [6.45, 7) is 3.78. The van der Waals surface area contributed by atoms with Crippen molar-refractivity contribution in [3.05, 3.63) is 30.0 Å². The molecule has 0 aliphatic carbocycles. The first-order valence-corrected chi connectivity index (χ1v) is 5.22. The number of aryl methyl sites for hydroxylation is 1. The van der Waals surface area contributed by atoms with Crippen molar-refractivity contribution < 1.29 is 5.11 Å². The summed E-state index contributed by atoms with van der Waals surface area (Å²) in [7, 11) is 1.93. The van der Waals surface area contributed by atoms with Gasteiger partial charge in [-0.1, -0.05) is 12.1 Å². The average Bonchev–Trinajstić information content (AvgIpc) is 2.57. The molecule has 80 valence electrons. The lowest BCUT2D eigenvalue weighted by molar-refractivity contribution is 0.477. The van der Waals surface area contributed by atoms with Crippen molar-refractivity contribution in [1.82, 2.24) is 9.88 Å². The van der Waals surface area contributed by atoms with Crippen LogP contribution in [0.25, 0.3) is 10.9 Å². The summed E-state index contributed by atoms with van der Waals surface area (Å²) < 4.78 is 2.14. The van der Waals surface area contributed by atoms with Crippen molar-refractivity contribution in [2.24, 2.45) is 0 Å². The van der Waals surface area contributed by atoms with Crippen LogP contribution >= 0.6 is 0 Å². The van der Waals surface area contributed by atoms with Crippen LogP contribution in [0.3, 0.4) is 0 Å². The third-order valence-corrected chi connectivity index (χ3v) is 2.66. The third-order valence-electron chi connectivity index (χ3n) is 2.66. The Morgan fingerprint density at radius 1 is 1.40 bits per heavy atom. The number of phenolic OH excluding ortho intramolecular Hbond substituents is 1. The molecule has 0 radical (unpaired) electrons. The molecule has 2 N–H and O–H groups in total. The quantitative estimate of drug-likeness (QED) is 0.803. The van der Waals surface area contributed by atoms with Crippen molar-refractivity contribution in [2.75, 3.05) is 7.05 Å². The molecule has 1 aromatic heterocycles. The molecule has 0 aliphatic heterocycles. The Kier molecular flexibility index (Phi) is 2.64. The fraction of sp³-hybridized carbons (Fsp3) is 0.333. The van der Waals surface area contributed by atoms with Gasteiger partial charge in [0.25, 0.3) is 0 Å². The van der Waals surface area contributed by atoms with Gasteiger partial charge in [-0.05, 0) is 26.1 Å². The Morgan fingerprint density at radius 2 is 2.20 bits per heavy atom. The molecule has 0 spiro atoms. The molecule has 1 heterocycles. The topological polar surface area (TPSA) is 37.2 Å². The molecular formula is C12H16N2O. The Balaban J connectivity index is 2.68. The van der Waals surface area contributed by atoms with Crippen LogP contribution in [0.2, 0.25) is 0 Å². The molecule has 0 fully saturated rings. The Labute approximate surface area is 89.3 Å². The van der Waals surface area contributed by atoms with Gasteiger partial charge in [-0.25, -0.2) is 0 Å². The first-order valence-electron chi connectivity index (χ1n) is 5.22. The van der Waals surface area contributed by atoms with Crippen LogP contribution in [0.1, 0.15) is 12.6 Å². The number of rotatable bonds is 3. The van der Waals surface area contributed by atoms with Crippen LogP contribution in [0, 0.1) is 0 Å². The molecule has 2 aromatic rings. The number of benzene rings is 1. The van der Waals surface area contributed by atoms with Crippen molar-refractivity contribution >= 4 is 10.9 Å². The van der Waals surface area contributed by atoms with Gasteiger partial charge in [0.15, 0.2) is 0 Å². The number of phenols is 1. The van der Waals surface area contributed by atoms with Gasteiger partial charge in [-0.3, -0.25) is 0 Å². The fourth-order valence-electron chi connectivity index (χ4n) is 2.05. The molecule has 0 atom stereocenters. The minimum absolute atomic E-state index is 0.358. The maximum atomic E-state index is 9.82. The summed E-state index contributed by atoms with van der Waals surface area (Å²) in [6.07, 6.45) is 0.